The third-order valence-electron chi connectivity index (χ3n) is 4.95. The minimum absolute atomic E-state index is 0.126. The third-order valence-corrected chi connectivity index (χ3v) is 6.85. The standard InChI is InChI=1S/C21H26N2O4S/c1-15-7-8-16(2)20(13-15)17(3)22-21(24)18-5-4-6-19(14-18)28(25,26)23-9-11-27-12-10-23/h4-8,13-14,17H,9-12H2,1-3H3,(H,22,24)/t17-/m0/s1. The van der Waals surface area contributed by atoms with Crippen LogP contribution in [0.1, 0.15) is 40.0 Å². The average Bonchev–Trinajstić information content (AvgIpc) is 2.70. The molecule has 1 saturated heterocycles. The first-order valence-corrected chi connectivity index (χ1v) is 10.8. The Kier molecular flexibility index (Phi) is 6.17. The lowest BCUT2D eigenvalue weighted by atomic mass is 10.00. The van der Waals surface area contributed by atoms with Crippen molar-refractivity contribution in [3.63, 3.8) is 0 Å². The minimum atomic E-state index is -3.64. The van der Waals surface area contributed by atoms with E-state index in [9.17, 15) is 13.2 Å². The van der Waals surface area contributed by atoms with Crippen molar-refractivity contribution in [2.24, 2.45) is 0 Å². The summed E-state index contributed by atoms with van der Waals surface area (Å²) in [5, 5.41) is 2.97. The Balaban J connectivity index is 1.79. The molecule has 0 unspecified atom stereocenters. The second kappa shape index (κ2) is 8.43. The average molecular weight is 403 g/mol. The molecule has 1 amide bonds. The molecule has 6 nitrogen and oxygen atoms in total. The molecule has 3 rings (SSSR count). The van der Waals surface area contributed by atoms with Crippen molar-refractivity contribution in [1.82, 2.24) is 9.62 Å². The molecule has 0 radical (unpaired) electrons. The van der Waals surface area contributed by atoms with Gasteiger partial charge in [0.1, 0.15) is 0 Å². The van der Waals surface area contributed by atoms with Crippen molar-refractivity contribution in [3.8, 4) is 0 Å². The number of ether oxygens (including phenoxy) is 1. The van der Waals surface area contributed by atoms with E-state index in [-0.39, 0.29) is 16.8 Å². The van der Waals surface area contributed by atoms with Crippen molar-refractivity contribution < 1.29 is 17.9 Å². The molecule has 1 aliphatic rings. The molecule has 28 heavy (non-hydrogen) atoms. The fourth-order valence-electron chi connectivity index (χ4n) is 3.32. The van der Waals surface area contributed by atoms with Gasteiger partial charge >= 0.3 is 0 Å². The second-order valence-corrected chi connectivity index (χ2v) is 9.04. The zero-order chi connectivity index (χ0) is 20.3. The van der Waals surface area contributed by atoms with Crippen LogP contribution in [0.15, 0.2) is 47.4 Å². The number of rotatable bonds is 5. The number of nitrogens with one attached hydrogen (secondary N) is 1. The van der Waals surface area contributed by atoms with Crippen LogP contribution in [0.2, 0.25) is 0 Å². The Morgan fingerprint density at radius 2 is 1.82 bits per heavy atom. The number of aryl methyl sites for hydroxylation is 2. The lowest BCUT2D eigenvalue weighted by molar-refractivity contribution is 0.0730. The number of benzene rings is 2. The fraction of sp³-hybridized carbons (Fsp3) is 0.381. The number of sulfonamides is 1. The molecule has 1 atom stereocenters. The summed E-state index contributed by atoms with van der Waals surface area (Å²) in [7, 11) is -3.64. The van der Waals surface area contributed by atoms with Crippen molar-refractivity contribution in [3.05, 3.63) is 64.7 Å². The molecule has 0 aromatic heterocycles. The van der Waals surface area contributed by atoms with Gasteiger partial charge in [-0.1, -0.05) is 29.8 Å². The summed E-state index contributed by atoms with van der Waals surface area (Å²) < 4.78 is 32.3. The number of amides is 1. The topological polar surface area (TPSA) is 75.7 Å². The van der Waals surface area contributed by atoms with E-state index in [1.165, 1.54) is 16.4 Å². The van der Waals surface area contributed by atoms with E-state index in [4.69, 9.17) is 4.74 Å². The quantitative estimate of drug-likeness (QED) is 0.834. The molecule has 2 aromatic rings. The highest BCUT2D eigenvalue weighted by Crippen LogP contribution is 2.21. The highest BCUT2D eigenvalue weighted by molar-refractivity contribution is 7.89. The van der Waals surface area contributed by atoms with Gasteiger partial charge in [-0.05, 0) is 50.1 Å². The van der Waals surface area contributed by atoms with Crippen molar-refractivity contribution in [1.29, 1.82) is 0 Å². The monoisotopic (exact) mass is 402 g/mol. The summed E-state index contributed by atoms with van der Waals surface area (Å²) in [5.74, 6) is -0.299. The molecular formula is C21H26N2O4S. The van der Waals surface area contributed by atoms with Crippen LogP contribution >= 0.6 is 0 Å². The molecule has 1 heterocycles. The molecule has 150 valence electrons. The van der Waals surface area contributed by atoms with Gasteiger partial charge < -0.3 is 10.1 Å². The third kappa shape index (κ3) is 4.43. The van der Waals surface area contributed by atoms with Gasteiger partial charge in [-0.25, -0.2) is 8.42 Å². The van der Waals surface area contributed by atoms with Gasteiger partial charge in [0.05, 0.1) is 24.2 Å². The highest BCUT2D eigenvalue weighted by atomic mass is 32.2. The largest absolute Gasteiger partial charge is 0.379 e. The SMILES string of the molecule is Cc1ccc(C)c([C@H](C)NC(=O)c2cccc(S(=O)(=O)N3CCOCC3)c2)c1. The van der Waals surface area contributed by atoms with Gasteiger partial charge in [-0.3, -0.25) is 4.79 Å². The van der Waals surface area contributed by atoms with E-state index < -0.39 is 10.0 Å². The van der Waals surface area contributed by atoms with Crippen LogP contribution in [-0.4, -0.2) is 44.9 Å². The van der Waals surface area contributed by atoms with E-state index in [0.29, 0.717) is 31.9 Å². The summed E-state index contributed by atoms with van der Waals surface area (Å²) in [5.41, 5.74) is 3.60. The van der Waals surface area contributed by atoms with Crippen LogP contribution in [0.3, 0.4) is 0 Å². The predicted molar refractivity (Wildman–Crippen MR) is 108 cm³/mol. The number of hydrogen-bond acceptors (Lipinski definition) is 4. The minimum Gasteiger partial charge on any atom is -0.379 e. The Morgan fingerprint density at radius 1 is 1.11 bits per heavy atom. The number of carbonyl (C=O) groups excluding carboxylic acids is 1. The molecular weight excluding hydrogens is 376 g/mol. The Labute approximate surface area is 166 Å². The molecule has 1 aliphatic heterocycles. The van der Waals surface area contributed by atoms with Crippen LogP contribution in [0, 0.1) is 13.8 Å². The first kappa shape index (κ1) is 20.5. The number of morpholine rings is 1. The van der Waals surface area contributed by atoms with E-state index in [2.05, 4.69) is 11.4 Å². The Bertz CT molecular complexity index is 966. The molecule has 2 aromatic carbocycles. The number of carbonyl (C=O) groups is 1. The van der Waals surface area contributed by atoms with E-state index in [1.807, 2.05) is 32.9 Å². The lowest BCUT2D eigenvalue weighted by Crippen LogP contribution is -2.40. The molecule has 7 heteroatoms. The van der Waals surface area contributed by atoms with Gasteiger partial charge in [0, 0.05) is 18.7 Å². The Hall–Kier alpha value is -2.22. The molecule has 0 bridgehead atoms. The van der Waals surface area contributed by atoms with E-state index in [0.717, 1.165) is 16.7 Å². The van der Waals surface area contributed by atoms with Crippen molar-refractivity contribution >= 4 is 15.9 Å². The van der Waals surface area contributed by atoms with Gasteiger partial charge in [-0.15, -0.1) is 0 Å². The zero-order valence-electron chi connectivity index (χ0n) is 16.4. The summed E-state index contributed by atoms with van der Waals surface area (Å²) in [6, 6.07) is 12.1. The van der Waals surface area contributed by atoms with Crippen molar-refractivity contribution in [2.75, 3.05) is 26.3 Å². The van der Waals surface area contributed by atoms with E-state index in [1.54, 1.807) is 12.1 Å². The lowest BCUT2D eigenvalue weighted by Gasteiger charge is -2.26. The van der Waals surface area contributed by atoms with Crippen LogP contribution in [0.5, 0.6) is 0 Å². The maximum atomic E-state index is 12.8. The Morgan fingerprint density at radius 3 is 2.54 bits per heavy atom. The van der Waals surface area contributed by atoms with Crippen LogP contribution in [0.25, 0.3) is 0 Å². The smallest absolute Gasteiger partial charge is 0.251 e. The normalized spacial score (nSPS) is 16.5. The predicted octanol–water partition coefficient (Wildman–Crippen LogP) is 2.82. The van der Waals surface area contributed by atoms with Gasteiger partial charge in [-0.2, -0.15) is 4.31 Å². The first-order chi connectivity index (χ1) is 13.3. The highest BCUT2D eigenvalue weighted by Gasteiger charge is 2.27. The first-order valence-electron chi connectivity index (χ1n) is 9.35. The number of hydrogen-bond donors (Lipinski definition) is 1. The molecule has 0 aliphatic carbocycles. The maximum absolute atomic E-state index is 12.8. The van der Waals surface area contributed by atoms with Crippen LogP contribution in [0.4, 0.5) is 0 Å². The fourth-order valence-corrected chi connectivity index (χ4v) is 4.77. The number of nitrogens with zero attached hydrogens (tertiary/aromatic N) is 1. The summed E-state index contributed by atoms with van der Waals surface area (Å²) >= 11 is 0. The summed E-state index contributed by atoms with van der Waals surface area (Å²) in [4.78, 5) is 12.9. The van der Waals surface area contributed by atoms with E-state index >= 15 is 0 Å². The summed E-state index contributed by atoms with van der Waals surface area (Å²) in [6.45, 7) is 7.35. The second-order valence-electron chi connectivity index (χ2n) is 7.10. The molecule has 1 fully saturated rings. The van der Waals surface area contributed by atoms with Crippen LogP contribution < -0.4 is 5.32 Å². The van der Waals surface area contributed by atoms with Gasteiger partial charge in [0.15, 0.2) is 0 Å². The van der Waals surface area contributed by atoms with Crippen LogP contribution in [-0.2, 0) is 14.8 Å². The molecule has 1 N–H and O–H groups in total. The van der Waals surface area contributed by atoms with Gasteiger partial charge in [0.25, 0.3) is 5.91 Å². The zero-order valence-corrected chi connectivity index (χ0v) is 17.3. The molecule has 0 spiro atoms. The maximum Gasteiger partial charge on any atom is 0.251 e. The molecule has 0 saturated carbocycles. The van der Waals surface area contributed by atoms with Crippen molar-refractivity contribution in [2.45, 2.75) is 31.7 Å². The summed E-state index contributed by atoms with van der Waals surface area (Å²) in [6.07, 6.45) is 0. The van der Waals surface area contributed by atoms with Gasteiger partial charge in [0.2, 0.25) is 10.0 Å².